The number of benzene rings is 1. The summed E-state index contributed by atoms with van der Waals surface area (Å²) in [4.78, 5) is 0. The number of rotatable bonds is 2. The lowest BCUT2D eigenvalue weighted by Gasteiger charge is -2.25. The highest BCUT2D eigenvalue weighted by atomic mass is 79.9. The van der Waals surface area contributed by atoms with Crippen LogP contribution in [0.25, 0.3) is 0 Å². The Morgan fingerprint density at radius 2 is 2.31 bits per heavy atom. The molecule has 1 fully saturated rings. The van der Waals surface area contributed by atoms with Gasteiger partial charge in [0.1, 0.15) is 5.75 Å². The largest absolute Gasteiger partial charge is 0.496 e. The van der Waals surface area contributed by atoms with Gasteiger partial charge in [-0.3, -0.25) is 0 Å². The zero-order chi connectivity index (χ0) is 11.5. The van der Waals surface area contributed by atoms with E-state index in [4.69, 9.17) is 9.47 Å². The van der Waals surface area contributed by atoms with Crippen LogP contribution in [0.5, 0.6) is 5.75 Å². The first kappa shape index (κ1) is 11.9. The second kappa shape index (κ2) is 5.17. The third-order valence-corrected chi connectivity index (χ3v) is 3.48. The van der Waals surface area contributed by atoms with Crippen molar-refractivity contribution in [2.45, 2.75) is 13.0 Å². The first-order valence-electron chi connectivity index (χ1n) is 5.38. The molecule has 1 aromatic carbocycles. The minimum Gasteiger partial charge on any atom is -0.496 e. The van der Waals surface area contributed by atoms with Crippen LogP contribution in [0.1, 0.15) is 17.2 Å². The zero-order valence-corrected chi connectivity index (χ0v) is 11.1. The Morgan fingerprint density at radius 3 is 2.94 bits per heavy atom. The summed E-state index contributed by atoms with van der Waals surface area (Å²) in [6, 6.07) is 4.13. The van der Waals surface area contributed by atoms with E-state index in [-0.39, 0.29) is 6.10 Å². The molecule has 16 heavy (non-hydrogen) atoms. The first-order chi connectivity index (χ1) is 7.72. The molecule has 1 aliphatic heterocycles. The fourth-order valence-electron chi connectivity index (χ4n) is 1.90. The molecule has 0 amide bonds. The normalized spacial score (nSPS) is 20.8. The smallest absolute Gasteiger partial charge is 0.122 e. The monoisotopic (exact) mass is 285 g/mol. The Balaban J connectivity index is 2.31. The topological polar surface area (TPSA) is 30.5 Å². The molecule has 1 atom stereocenters. The van der Waals surface area contributed by atoms with Gasteiger partial charge in [0.15, 0.2) is 0 Å². The van der Waals surface area contributed by atoms with E-state index in [1.807, 2.05) is 6.92 Å². The molecule has 1 unspecified atom stereocenters. The van der Waals surface area contributed by atoms with E-state index in [9.17, 15) is 0 Å². The van der Waals surface area contributed by atoms with Crippen LogP contribution in [-0.4, -0.2) is 26.8 Å². The number of morpholine rings is 1. The second-order valence-corrected chi connectivity index (χ2v) is 4.76. The molecule has 1 heterocycles. The van der Waals surface area contributed by atoms with Crippen molar-refractivity contribution in [3.63, 3.8) is 0 Å². The lowest BCUT2D eigenvalue weighted by atomic mass is 10.1. The molecule has 4 heteroatoms. The van der Waals surface area contributed by atoms with Crippen LogP contribution in [0, 0.1) is 6.92 Å². The van der Waals surface area contributed by atoms with Crippen molar-refractivity contribution in [2.75, 3.05) is 26.8 Å². The number of halogens is 1. The molecule has 1 aromatic rings. The summed E-state index contributed by atoms with van der Waals surface area (Å²) in [5.41, 5.74) is 2.27. The average Bonchev–Trinajstić information content (AvgIpc) is 2.30. The Morgan fingerprint density at radius 1 is 1.50 bits per heavy atom. The van der Waals surface area contributed by atoms with Crippen LogP contribution in [0.2, 0.25) is 0 Å². The van der Waals surface area contributed by atoms with Crippen LogP contribution >= 0.6 is 15.9 Å². The number of ether oxygens (including phenoxy) is 2. The first-order valence-corrected chi connectivity index (χ1v) is 6.18. The minimum absolute atomic E-state index is 0.109. The second-order valence-electron chi connectivity index (χ2n) is 3.91. The van der Waals surface area contributed by atoms with Gasteiger partial charge in [0.2, 0.25) is 0 Å². The maximum atomic E-state index is 5.74. The maximum absolute atomic E-state index is 5.74. The fourth-order valence-corrected chi connectivity index (χ4v) is 2.61. The Bertz CT molecular complexity index is 376. The molecule has 0 aromatic heterocycles. The van der Waals surface area contributed by atoms with Crippen LogP contribution < -0.4 is 10.1 Å². The quantitative estimate of drug-likeness (QED) is 0.905. The lowest BCUT2D eigenvalue weighted by Crippen LogP contribution is -2.33. The molecule has 1 N–H and O–H groups in total. The standard InChI is InChI=1S/C12H16BrNO2/c1-8-5-10(13)9(6-11(8)15-2)12-7-14-3-4-16-12/h5-6,12,14H,3-4,7H2,1-2H3. The van der Waals surface area contributed by atoms with Gasteiger partial charge in [-0.25, -0.2) is 0 Å². The Hall–Kier alpha value is -0.580. The molecular formula is C12H16BrNO2. The van der Waals surface area contributed by atoms with Crippen LogP contribution in [0.15, 0.2) is 16.6 Å². The van der Waals surface area contributed by atoms with Crippen molar-refractivity contribution in [3.8, 4) is 5.75 Å². The van der Waals surface area contributed by atoms with Gasteiger partial charge in [-0.2, -0.15) is 0 Å². The summed E-state index contributed by atoms with van der Waals surface area (Å²) in [6.45, 7) is 4.57. The number of hydrogen-bond acceptors (Lipinski definition) is 3. The highest BCUT2D eigenvalue weighted by molar-refractivity contribution is 9.10. The highest BCUT2D eigenvalue weighted by Crippen LogP contribution is 2.32. The predicted octanol–water partition coefficient (Wildman–Crippen LogP) is 2.43. The summed E-state index contributed by atoms with van der Waals surface area (Å²) in [5, 5.41) is 3.33. The summed E-state index contributed by atoms with van der Waals surface area (Å²) in [6.07, 6.45) is 0.109. The van der Waals surface area contributed by atoms with Gasteiger partial charge >= 0.3 is 0 Å². The third kappa shape index (κ3) is 2.39. The molecule has 1 saturated heterocycles. The van der Waals surface area contributed by atoms with E-state index in [1.165, 1.54) is 0 Å². The third-order valence-electron chi connectivity index (χ3n) is 2.79. The van der Waals surface area contributed by atoms with E-state index < -0.39 is 0 Å². The molecule has 0 spiro atoms. The summed E-state index contributed by atoms with van der Waals surface area (Å²) in [7, 11) is 1.69. The molecular weight excluding hydrogens is 270 g/mol. The Kier molecular flexibility index (Phi) is 3.84. The van der Waals surface area contributed by atoms with Crippen LogP contribution in [-0.2, 0) is 4.74 Å². The summed E-state index contributed by atoms with van der Waals surface area (Å²) >= 11 is 3.58. The van der Waals surface area contributed by atoms with E-state index >= 15 is 0 Å². The molecule has 2 rings (SSSR count). The van der Waals surface area contributed by atoms with E-state index in [2.05, 4.69) is 33.4 Å². The van der Waals surface area contributed by atoms with E-state index in [1.54, 1.807) is 7.11 Å². The van der Waals surface area contributed by atoms with Gasteiger partial charge in [-0.05, 0) is 30.2 Å². The van der Waals surface area contributed by atoms with Crippen molar-refractivity contribution in [3.05, 3.63) is 27.7 Å². The van der Waals surface area contributed by atoms with Gasteiger partial charge in [0.25, 0.3) is 0 Å². The molecule has 88 valence electrons. The van der Waals surface area contributed by atoms with Gasteiger partial charge in [-0.15, -0.1) is 0 Å². The average molecular weight is 286 g/mol. The van der Waals surface area contributed by atoms with Gasteiger partial charge in [-0.1, -0.05) is 15.9 Å². The van der Waals surface area contributed by atoms with Gasteiger partial charge < -0.3 is 14.8 Å². The zero-order valence-electron chi connectivity index (χ0n) is 9.55. The van der Waals surface area contributed by atoms with Crippen molar-refractivity contribution < 1.29 is 9.47 Å². The van der Waals surface area contributed by atoms with Crippen molar-refractivity contribution in [1.82, 2.24) is 5.32 Å². The molecule has 0 aliphatic carbocycles. The van der Waals surface area contributed by atoms with E-state index in [0.29, 0.717) is 0 Å². The van der Waals surface area contributed by atoms with Crippen LogP contribution in [0.3, 0.4) is 0 Å². The minimum atomic E-state index is 0.109. The van der Waals surface area contributed by atoms with Crippen molar-refractivity contribution >= 4 is 15.9 Å². The fraction of sp³-hybridized carbons (Fsp3) is 0.500. The van der Waals surface area contributed by atoms with Gasteiger partial charge in [0, 0.05) is 17.6 Å². The van der Waals surface area contributed by atoms with Crippen LogP contribution in [0.4, 0.5) is 0 Å². The molecule has 0 saturated carbocycles. The number of hydrogen-bond donors (Lipinski definition) is 1. The number of aryl methyl sites for hydroxylation is 1. The van der Waals surface area contributed by atoms with Crippen molar-refractivity contribution in [2.24, 2.45) is 0 Å². The summed E-state index contributed by atoms with van der Waals surface area (Å²) in [5.74, 6) is 0.910. The Labute approximate surface area is 104 Å². The molecule has 0 radical (unpaired) electrons. The number of nitrogens with one attached hydrogen (secondary N) is 1. The van der Waals surface area contributed by atoms with E-state index in [0.717, 1.165) is 41.0 Å². The SMILES string of the molecule is COc1cc(C2CNCCO2)c(Br)cc1C. The van der Waals surface area contributed by atoms with Crippen molar-refractivity contribution in [1.29, 1.82) is 0 Å². The molecule has 0 bridgehead atoms. The molecule has 1 aliphatic rings. The maximum Gasteiger partial charge on any atom is 0.122 e. The predicted molar refractivity (Wildman–Crippen MR) is 67.0 cm³/mol. The van der Waals surface area contributed by atoms with Gasteiger partial charge in [0.05, 0.1) is 19.8 Å². The number of methoxy groups -OCH3 is 1. The lowest BCUT2D eigenvalue weighted by molar-refractivity contribution is 0.0271. The highest BCUT2D eigenvalue weighted by Gasteiger charge is 2.19. The molecule has 3 nitrogen and oxygen atoms in total. The summed E-state index contributed by atoms with van der Waals surface area (Å²) < 4.78 is 12.2.